The van der Waals surface area contributed by atoms with Gasteiger partial charge in [0.1, 0.15) is 11.5 Å². The first kappa shape index (κ1) is 14.1. The fourth-order valence-electron chi connectivity index (χ4n) is 2.09. The SMILES string of the molecule is COc1cc(OC)cc(C(=O)c2cccc(C)c2C)c1. The van der Waals surface area contributed by atoms with Crippen LogP contribution in [0.25, 0.3) is 0 Å². The average Bonchev–Trinajstić information content (AvgIpc) is 2.48. The molecule has 104 valence electrons. The second-order valence-electron chi connectivity index (χ2n) is 4.68. The van der Waals surface area contributed by atoms with Gasteiger partial charge in [-0.3, -0.25) is 4.79 Å². The Kier molecular flexibility index (Phi) is 4.08. The second-order valence-corrected chi connectivity index (χ2v) is 4.68. The van der Waals surface area contributed by atoms with Crippen molar-refractivity contribution in [2.75, 3.05) is 14.2 Å². The summed E-state index contributed by atoms with van der Waals surface area (Å²) in [4.78, 5) is 12.6. The number of methoxy groups -OCH3 is 2. The summed E-state index contributed by atoms with van der Waals surface area (Å²) in [6, 6.07) is 10.9. The fraction of sp³-hybridized carbons (Fsp3) is 0.235. The van der Waals surface area contributed by atoms with E-state index in [2.05, 4.69) is 0 Å². The van der Waals surface area contributed by atoms with Gasteiger partial charge >= 0.3 is 0 Å². The van der Waals surface area contributed by atoms with Gasteiger partial charge in [-0.05, 0) is 37.1 Å². The van der Waals surface area contributed by atoms with Crippen LogP contribution in [0, 0.1) is 13.8 Å². The Morgan fingerprint density at radius 1 is 0.950 bits per heavy atom. The average molecular weight is 270 g/mol. The molecular weight excluding hydrogens is 252 g/mol. The molecule has 0 aliphatic carbocycles. The smallest absolute Gasteiger partial charge is 0.193 e. The van der Waals surface area contributed by atoms with E-state index in [0.29, 0.717) is 22.6 Å². The molecule has 0 spiro atoms. The number of hydrogen-bond acceptors (Lipinski definition) is 3. The lowest BCUT2D eigenvalue weighted by Crippen LogP contribution is -2.05. The number of hydrogen-bond donors (Lipinski definition) is 0. The maximum Gasteiger partial charge on any atom is 0.193 e. The zero-order valence-electron chi connectivity index (χ0n) is 12.2. The largest absolute Gasteiger partial charge is 0.497 e. The topological polar surface area (TPSA) is 35.5 Å². The molecule has 20 heavy (non-hydrogen) atoms. The Hall–Kier alpha value is -2.29. The first-order valence-electron chi connectivity index (χ1n) is 6.40. The summed E-state index contributed by atoms with van der Waals surface area (Å²) >= 11 is 0. The summed E-state index contributed by atoms with van der Waals surface area (Å²) in [5.74, 6) is 1.19. The number of rotatable bonds is 4. The molecule has 0 bridgehead atoms. The third-order valence-corrected chi connectivity index (χ3v) is 3.46. The highest BCUT2D eigenvalue weighted by atomic mass is 16.5. The van der Waals surface area contributed by atoms with E-state index in [9.17, 15) is 4.79 Å². The van der Waals surface area contributed by atoms with Crippen molar-refractivity contribution in [3.05, 3.63) is 58.7 Å². The number of ketones is 1. The molecule has 0 fully saturated rings. The van der Waals surface area contributed by atoms with Crippen molar-refractivity contribution < 1.29 is 14.3 Å². The van der Waals surface area contributed by atoms with Crippen LogP contribution in [0.1, 0.15) is 27.0 Å². The Bertz CT molecular complexity index is 622. The molecule has 0 heterocycles. The number of aryl methyl sites for hydroxylation is 1. The van der Waals surface area contributed by atoms with Crippen LogP contribution in [-0.2, 0) is 0 Å². The third kappa shape index (κ3) is 2.67. The van der Waals surface area contributed by atoms with Crippen molar-refractivity contribution in [1.82, 2.24) is 0 Å². The lowest BCUT2D eigenvalue weighted by atomic mass is 9.96. The van der Waals surface area contributed by atoms with Crippen molar-refractivity contribution in [2.45, 2.75) is 13.8 Å². The van der Waals surface area contributed by atoms with E-state index in [1.807, 2.05) is 32.0 Å². The van der Waals surface area contributed by atoms with Crippen molar-refractivity contribution in [3.8, 4) is 11.5 Å². The van der Waals surface area contributed by atoms with Gasteiger partial charge in [0.05, 0.1) is 14.2 Å². The first-order valence-corrected chi connectivity index (χ1v) is 6.40. The predicted octanol–water partition coefficient (Wildman–Crippen LogP) is 3.55. The molecule has 2 aromatic carbocycles. The summed E-state index contributed by atoms with van der Waals surface area (Å²) < 4.78 is 10.4. The van der Waals surface area contributed by atoms with Gasteiger partial charge in [0.25, 0.3) is 0 Å². The van der Waals surface area contributed by atoms with Gasteiger partial charge in [-0.2, -0.15) is 0 Å². The van der Waals surface area contributed by atoms with Crippen LogP contribution in [-0.4, -0.2) is 20.0 Å². The van der Waals surface area contributed by atoms with Crippen LogP contribution in [0.3, 0.4) is 0 Å². The Labute approximate surface area is 119 Å². The summed E-state index contributed by atoms with van der Waals surface area (Å²) in [5, 5.41) is 0. The van der Waals surface area contributed by atoms with Crippen LogP contribution in [0.15, 0.2) is 36.4 Å². The van der Waals surface area contributed by atoms with Crippen LogP contribution >= 0.6 is 0 Å². The van der Waals surface area contributed by atoms with Crippen LogP contribution < -0.4 is 9.47 Å². The molecule has 2 rings (SSSR count). The highest BCUT2D eigenvalue weighted by molar-refractivity contribution is 6.10. The minimum absolute atomic E-state index is 0.0246. The minimum atomic E-state index is -0.0246. The summed E-state index contributed by atoms with van der Waals surface area (Å²) in [6.07, 6.45) is 0. The molecule has 3 nitrogen and oxygen atoms in total. The number of benzene rings is 2. The molecular formula is C17H18O3. The maximum atomic E-state index is 12.6. The number of carbonyl (C=O) groups is 1. The van der Waals surface area contributed by atoms with E-state index >= 15 is 0 Å². The van der Waals surface area contributed by atoms with Crippen LogP contribution in [0.2, 0.25) is 0 Å². The Morgan fingerprint density at radius 3 is 2.10 bits per heavy atom. The van der Waals surface area contributed by atoms with E-state index < -0.39 is 0 Å². The third-order valence-electron chi connectivity index (χ3n) is 3.46. The summed E-state index contributed by atoms with van der Waals surface area (Å²) in [6.45, 7) is 3.96. The van der Waals surface area contributed by atoms with E-state index in [4.69, 9.17) is 9.47 Å². The highest BCUT2D eigenvalue weighted by Gasteiger charge is 2.15. The Morgan fingerprint density at radius 2 is 1.55 bits per heavy atom. The van der Waals surface area contributed by atoms with E-state index in [1.165, 1.54) is 0 Å². The predicted molar refractivity (Wildman–Crippen MR) is 78.9 cm³/mol. The summed E-state index contributed by atoms with van der Waals surface area (Å²) in [7, 11) is 3.14. The van der Waals surface area contributed by atoms with Gasteiger partial charge in [-0.1, -0.05) is 18.2 Å². The standard InChI is InChI=1S/C17H18O3/c1-11-6-5-7-16(12(11)2)17(18)13-8-14(19-3)10-15(9-13)20-4/h5-10H,1-4H3. The zero-order valence-corrected chi connectivity index (χ0v) is 12.2. The molecule has 0 saturated carbocycles. The quantitative estimate of drug-likeness (QED) is 0.797. The Balaban J connectivity index is 2.50. The second kappa shape index (κ2) is 5.78. The molecule has 0 aromatic heterocycles. The molecule has 3 heteroatoms. The van der Waals surface area contributed by atoms with Crippen LogP contribution in [0.4, 0.5) is 0 Å². The van der Waals surface area contributed by atoms with Gasteiger partial charge in [-0.25, -0.2) is 0 Å². The molecule has 0 unspecified atom stereocenters. The van der Waals surface area contributed by atoms with Crippen molar-refractivity contribution in [3.63, 3.8) is 0 Å². The fourth-order valence-corrected chi connectivity index (χ4v) is 2.09. The van der Waals surface area contributed by atoms with Crippen molar-refractivity contribution in [1.29, 1.82) is 0 Å². The molecule has 0 amide bonds. The minimum Gasteiger partial charge on any atom is -0.497 e. The van der Waals surface area contributed by atoms with Gasteiger partial charge in [-0.15, -0.1) is 0 Å². The van der Waals surface area contributed by atoms with E-state index in [-0.39, 0.29) is 5.78 Å². The number of ether oxygens (including phenoxy) is 2. The maximum absolute atomic E-state index is 12.6. The van der Waals surface area contributed by atoms with Gasteiger partial charge in [0, 0.05) is 17.2 Å². The highest BCUT2D eigenvalue weighted by Crippen LogP contribution is 2.25. The molecule has 2 aromatic rings. The summed E-state index contributed by atoms with van der Waals surface area (Å²) in [5.41, 5.74) is 3.38. The monoisotopic (exact) mass is 270 g/mol. The zero-order chi connectivity index (χ0) is 14.7. The van der Waals surface area contributed by atoms with E-state index in [0.717, 1.165) is 11.1 Å². The first-order chi connectivity index (χ1) is 9.56. The van der Waals surface area contributed by atoms with Crippen molar-refractivity contribution >= 4 is 5.78 Å². The van der Waals surface area contributed by atoms with Gasteiger partial charge in [0.2, 0.25) is 0 Å². The molecule has 0 atom stereocenters. The van der Waals surface area contributed by atoms with E-state index in [1.54, 1.807) is 32.4 Å². The molecule has 0 aliphatic rings. The lowest BCUT2D eigenvalue weighted by molar-refractivity contribution is 0.103. The molecule has 0 N–H and O–H groups in total. The molecule has 0 aliphatic heterocycles. The van der Waals surface area contributed by atoms with Crippen molar-refractivity contribution in [2.24, 2.45) is 0 Å². The normalized spacial score (nSPS) is 10.2. The molecule has 0 radical (unpaired) electrons. The van der Waals surface area contributed by atoms with Gasteiger partial charge < -0.3 is 9.47 Å². The van der Waals surface area contributed by atoms with Crippen LogP contribution in [0.5, 0.6) is 11.5 Å². The van der Waals surface area contributed by atoms with Gasteiger partial charge in [0.15, 0.2) is 5.78 Å². The lowest BCUT2D eigenvalue weighted by Gasteiger charge is -2.10. The molecule has 0 saturated heterocycles. The number of carbonyl (C=O) groups excluding carboxylic acids is 1.